The number of ether oxygens (including phenoxy) is 1. The van der Waals surface area contributed by atoms with Crippen LogP contribution in [0, 0.1) is 5.82 Å². The van der Waals surface area contributed by atoms with Crippen LogP contribution in [-0.2, 0) is 11.2 Å². The Labute approximate surface area is 132 Å². The number of benzene rings is 1. The van der Waals surface area contributed by atoms with Crippen molar-refractivity contribution in [3.63, 3.8) is 0 Å². The third kappa shape index (κ3) is 2.54. The van der Waals surface area contributed by atoms with Crippen LogP contribution in [0.3, 0.4) is 0 Å². The van der Waals surface area contributed by atoms with E-state index >= 15 is 0 Å². The molecule has 0 aliphatic carbocycles. The molecule has 1 amide bonds. The maximum atomic E-state index is 14.3. The number of aliphatic carboxylic acids is 1. The van der Waals surface area contributed by atoms with Crippen LogP contribution < -0.4 is 20.6 Å². The number of amides is 1. The number of hydrogen-bond acceptors (Lipinski definition) is 4. The van der Waals surface area contributed by atoms with Crippen molar-refractivity contribution < 1.29 is 23.8 Å². The van der Waals surface area contributed by atoms with Gasteiger partial charge in [-0.15, -0.1) is 0 Å². The first-order chi connectivity index (χ1) is 10.3. The number of aromatic nitrogens is 1. The number of fused-ring (bicyclic) bond motifs is 1. The third-order valence-corrected chi connectivity index (χ3v) is 3.89. The van der Waals surface area contributed by atoms with Gasteiger partial charge >= 0.3 is 132 Å². The monoisotopic (exact) mass is 321 g/mol. The molecule has 0 fully saturated rings. The Kier molecular flexibility index (Phi) is 4.42. The van der Waals surface area contributed by atoms with Crippen molar-refractivity contribution in [3.8, 4) is 5.75 Å². The van der Waals surface area contributed by atoms with E-state index in [0.717, 1.165) is 0 Å². The summed E-state index contributed by atoms with van der Waals surface area (Å²) in [4.78, 5) is 25.4. The summed E-state index contributed by atoms with van der Waals surface area (Å²) < 4.78 is 19.2. The number of halogens is 1. The Balaban J connectivity index is 2.79. The molecule has 22 heavy (non-hydrogen) atoms. The number of nitrogens with two attached hydrogens (primary N) is 2. The van der Waals surface area contributed by atoms with Crippen molar-refractivity contribution in [2.45, 2.75) is 12.5 Å². The summed E-state index contributed by atoms with van der Waals surface area (Å²) in [7, 11) is 1.29. The second kappa shape index (κ2) is 5.96. The Hall–Kier alpha value is -2.08. The zero-order valence-corrected chi connectivity index (χ0v) is 12.8. The van der Waals surface area contributed by atoms with Gasteiger partial charge in [0.05, 0.1) is 0 Å². The van der Waals surface area contributed by atoms with E-state index in [4.69, 9.17) is 21.3 Å². The van der Waals surface area contributed by atoms with E-state index in [-0.39, 0.29) is 27.7 Å². The molecule has 1 atom stereocenters. The molecular formula is C13H13AlFN3O4+. The van der Waals surface area contributed by atoms with Gasteiger partial charge in [-0.3, -0.25) is 0 Å². The summed E-state index contributed by atoms with van der Waals surface area (Å²) in [6, 6.07) is -1.16. The molecule has 1 unspecified atom stereocenters. The van der Waals surface area contributed by atoms with Gasteiger partial charge in [0.2, 0.25) is 0 Å². The molecule has 0 aliphatic rings. The number of aromatic amines is 1. The average Bonchev–Trinajstić information content (AvgIpc) is 2.83. The number of carboxylic acids is 1. The first kappa shape index (κ1) is 16.3. The zero-order valence-electron chi connectivity index (χ0n) is 11.6. The number of carbonyl (C=O) groups is 2. The topological polar surface area (TPSA) is 131 Å². The summed E-state index contributed by atoms with van der Waals surface area (Å²) in [5, 5.41) is 9.23. The molecule has 1 heterocycles. The molecule has 0 aliphatic heterocycles. The van der Waals surface area contributed by atoms with Gasteiger partial charge in [-0.05, 0) is 0 Å². The number of carboxylic acid groups (broad SMARTS) is 1. The molecule has 0 saturated carbocycles. The number of rotatable bonds is 5. The fourth-order valence-corrected chi connectivity index (χ4v) is 2.76. The summed E-state index contributed by atoms with van der Waals surface area (Å²) in [6.45, 7) is 0. The number of methoxy groups -OCH3 is 1. The first-order valence-corrected chi connectivity index (χ1v) is 6.80. The van der Waals surface area contributed by atoms with Crippen LogP contribution in [0.5, 0.6) is 5.75 Å². The van der Waals surface area contributed by atoms with Crippen molar-refractivity contribution in [2.24, 2.45) is 11.5 Å². The molecule has 1 aromatic carbocycles. The number of primary amides is 1. The molecular weight excluding hydrogens is 308 g/mol. The number of carbonyl (C=O) groups excluding carboxylic acids is 1. The van der Waals surface area contributed by atoms with Crippen LogP contribution in [0.15, 0.2) is 6.20 Å². The van der Waals surface area contributed by atoms with Gasteiger partial charge in [0.25, 0.3) is 0 Å². The summed E-state index contributed by atoms with van der Waals surface area (Å²) in [5.74, 6) is -2.83. The van der Waals surface area contributed by atoms with E-state index in [2.05, 4.69) is 21.3 Å². The number of H-pyrrole nitrogens is 1. The third-order valence-electron chi connectivity index (χ3n) is 3.35. The predicted octanol–water partition coefficient (Wildman–Crippen LogP) is -0.837. The van der Waals surface area contributed by atoms with Crippen molar-refractivity contribution in [3.05, 3.63) is 23.1 Å². The average molecular weight is 321 g/mol. The molecule has 113 valence electrons. The number of hydrogen-bond donors (Lipinski definition) is 4. The van der Waals surface area contributed by atoms with E-state index in [0.29, 0.717) is 10.9 Å². The van der Waals surface area contributed by atoms with Crippen molar-refractivity contribution in [1.29, 1.82) is 0 Å². The SMILES string of the molecule is COc1c(F)[c]([Al+])c(C(N)=O)c2c(CC(N)C(=O)O)c[nH]c12. The molecule has 0 bridgehead atoms. The van der Waals surface area contributed by atoms with Gasteiger partial charge in [0.15, 0.2) is 0 Å². The maximum absolute atomic E-state index is 14.3. The summed E-state index contributed by atoms with van der Waals surface area (Å²) >= 11 is 2.11. The quantitative estimate of drug-likeness (QED) is 0.533. The molecule has 0 saturated heterocycles. The van der Waals surface area contributed by atoms with Crippen molar-refractivity contribution >= 4 is 43.5 Å². The molecule has 0 spiro atoms. The van der Waals surface area contributed by atoms with Crippen LogP contribution in [0.1, 0.15) is 15.9 Å². The molecule has 1 aromatic heterocycles. The van der Waals surface area contributed by atoms with E-state index in [1.165, 1.54) is 13.3 Å². The predicted molar refractivity (Wildman–Crippen MR) is 78.0 cm³/mol. The minimum absolute atomic E-state index is 0.0402. The van der Waals surface area contributed by atoms with Crippen LogP contribution in [-0.4, -0.2) is 51.4 Å². The molecule has 9 heteroatoms. The van der Waals surface area contributed by atoms with Gasteiger partial charge in [-0.25, -0.2) is 0 Å². The van der Waals surface area contributed by atoms with Gasteiger partial charge in [0, 0.05) is 0 Å². The van der Waals surface area contributed by atoms with Gasteiger partial charge < -0.3 is 0 Å². The van der Waals surface area contributed by atoms with Gasteiger partial charge in [-0.2, -0.15) is 0 Å². The first-order valence-electron chi connectivity index (χ1n) is 6.22. The molecule has 1 radical (unpaired) electrons. The van der Waals surface area contributed by atoms with Crippen molar-refractivity contribution in [1.82, 2.24) is 4.98 Å². The van der Waals surface area contributed by atoms with Crippen molar-refractivity contribution in [2.75, 3.05) is 7.11 Å². The zero-order chi connectivity index (χ0) is 16.6. The number of nitrogens with one attached hydrogen (secondary N) is 1. The second-order valence-electron chi connectivity index (χ2n) is 4.71. The van der Waals surface area contributed by atoms with E-state index in [9.17, 15) is 14.0 Å². The Morgan fingerprint density at radius 2 is 2.18 bits per heavy atom. The fourth-order valence-electron chi connectivity index (χ4n) is 2.34. The van der Waals surface area contributed by atoms with Crippen LogP contribution in [0.2, 0.25) is 0 Å². The Morgan fingerprint density at radius 1 is 1.55 bits per heavy atom. The molecule has 2 aromatic rings. The summed E-state index contributed by atoms with van der Waals surface area (Å²) in [6.07, 6.45) is 1.42. The standard InChI is InChI=1S/C13H13FN3O4.Al/c1-21-11-7(14)3-6(12(16)18)9-5(4-17-10(9)11)2-8(15)13(19)20;/h4,8,17H,2,15H2,1H3,(H2,16,18)(H,19,20);/q;+1. The summed E-state index contributed by atoms with van der Waals surface area (Å²) in [5.41, 5.74) is 11.5. The van der Waals surface area contributed by atoms with Crippen LogP contribution in [0.4, 0.5) is 4.39 Å². The van der Waals surface area contributed by atoms with Crippen LogP contribution >= 0.6 is 0 Å². The van der Waals surface area contributed by atoms with Crippen LogP contribution in [0.25, 0.3) is 10.9 Å². The Morgan fingerprint density at radius 3 is 2.68 bits per heavy atom. The van der Waals surface area contributed by atoms with Gasteiger partial charge in [0.1, 0.15) is 0 Å². The molecule has 7 nitrogen and oxygen atoms in total. The van der Waals surface area contributed by atoms with E-state index in [1.807, 2.05) is 0 Å². The normalized spacial score (nSPS) is 12.3. The fraction of sp³-hybridized carbons (Fsp3) is 0.231. The second-order valence-corrected chi connectivity index (χ2v) is 5.29. The molecule has 6 N–H and O–H groups in total. The molecule has 2 rings (SSSR count). The Bertz CT molecular complexity index is 774. The minimum atomic E-state index is -1.19. The van der Waals surface area contributed by atoms with E-state index < -0.39 is 23.7 Å². The van der Waals surface area contributed by atoms with Gasteiger partial charge in [-0.1, -0.05) is 0 Å². The van der Waals surface area contributed by atoms with E-state index in [1.54, 1.807) is 0 Å².